The summed E-state index contributed by atoms with van der Waals surface area (Å²) in [5.41, 5.74) is 2.54. The molecule has 3 aromatic rings. The number of hydrogen-bond acceptors (Lipinski definition) is 3. The average molecular weight is 429 g/mol. The van der Waals surface area contributed by atoms with Crippen LogP contribution in [0.4, 0.5) is 4.39 Å². The number of benzene rings is 3. The van der Waals surface area contributed by atoms with Gasteiger partial charge in [0.1, 0.15) is 23.9 Å². The molecule has 1 heterocycles. The Morgan fingerprint density at radius 1 is 1.10 bits per heavy atom. The van der Waals surface area contributed by atoms with Crippen molar-refractivity contribution in [3.05, 3.63) is 98.5 Å². The van der Waals surface area contributed by atoms with Gasteiger partial charge in [-0.25, -0.2) is 4.39 Å². The first-order chi connectivity index (χ1) is 13.9. The fourth-order valence-electron chi connectivity index (χ4n) is 3.11. The molecule has 0 spiro atoms. The van der Waals surface area contributed by atoms with Crippen molar-refractivity contribution in [2.45, 2.75) is 13.5 Å². The van der Waals surface area contributed by atoms with Crippen LogP contribution < -0.4 is 9.47 Å². The van der Waals surface area contributed by atoms with Crippen LogP contribution in [0.3, 0.4) is 0 Å². The van der Waals surface area contributed by atoms with Crippen molar-refractivity contribution < 1.29 is 18.7 Å². The molecular formula is C23H15Cl2FO3. The number of hydrogen-bond donors (Lipinski definition) is 0. The van der Waals surface area contributed by atoms with Crippen LogP contribution >= 0.6 is 23.2 Å². The van der Waals surface area contributed by atoms with Crippen LogP contribution in [0.1, 0.15) is 27.0 Å². The summed E-state index contributed by atoms with van der Waals surface area (Å²) < 4.78 is 25.0. The lowest BCUT2D eigenvalue weighted by atomic mass is 10.0. The van der Waals surface area contributed by atoms with Crippen LogP contribution in [0.5, 0.6) is 11.5 Å². The topological polar surface area (TPSA) is 35.5 Å². The largest absolute Gasteiger partial charge is 0.489 e. The molecule has 3 nitrogen and oxygen atoms in total. The van der Waals surface area contributed by atoms with Gasteiger partial charge >= 0.3 is 0 Å². The third-order valence-corrected chi connectivity index (χ3v) is 5.09. The highest BCUT2D eigenvalue weighted by Crippen LogP contribution is 2.38. The number of rotatable bonds is 4. The van der Waals surface area contributed by atoms with Gasteiger partial charge in [0.15, 0.2) is 5.76 Å². The summed E-state index contributed by atoms with van der Waals surface area (Å²) >= 11 is 12.1. The minimum atomic E-state index is -0.380. The van der Waals surface area contributed by atoms with E-state index in [1.165, 1.54) is 18.2 Å². The third kappa shape index (κ3) is 4.14. The molecular weight excluding hydrogens is 414 g/mol. The molecule has 0 bridgehead atoms. The molecule has 0 saturated carbocycles. The maximum absolute atomic E-state index is 13.4. The van der Waals surface area contributed by atoms with Crippen molar-refractivity contribution >= 4 is 35.1 Å². The number of ether oxygens (including phenoxy) is 2. The Morgan fingerprint density at radius 2 is 1.93 bits per heavy atom. The second kappa shape index (κ2) is 7.90. The monoisotopic (exact) mass is 428 g/mol. The van der Waals surface area contributed by atoms with E-state index in [-0.39, 0.29) is 24.0 Å². The molecule has 0 fully saturated rings. The van der Waals surface area contributed by atoms with E-state index in [2.05, 4.69) is 0 Å². The standard InChI is InChI=1S/C23H15Cl2FO3/c1-13-7-18(28-12-15-5-6-16(24)10-19(15)25)11-20-22(13)23(27)21(29-20)9-14-3-2-4-17(26)8-14/h2-11H,12H2,1H3/b21-9-. The Hall–Kier alpha value is -2.82. The molecule has 29 heavy (non-hydrogen) atoms. The molecule has 146 valence electrons. The van der Waals surface area contributed by atoms with E-state index >= 15 is 0 Å². The SMILES string of the molecule is Cc1cc(OCc2ccc(Cl)cc2Cl)cc2c1C(=O)/C(=C/c1cccc(F)c1)O2. The van der Waals surface area contributed by atoms with Crippen LogP contribution in [-0.2, 0) is 6.61 Å². The fraction of sp³-hybridized carbons (Fsp3) is 0.0870. The van der Waals surface area contributed by atoms with Gasteiger partial charge in [0, 0.05) is 21.7 Å². The second-order valence-electron chi connectivity index (χ2n) is 6.63. The summed E-state index contributed by atoms with van der Waals surface area (Å²) in [5.74, 6) is 0.484. The van der Waals surface area contributed by atoms with Crippen LogP contribution in [-0.4, -0.2) is 5.78 Å². The number of Topliss-reactive ketones (excluding diaryl/α,β-unsaturated/α-hetero) is 1. The first-order valence-electron chi connectivity index (χ1n) is 8.82. The number of carbonyl (C=O) groups is 1. The van der Waals surface area contributed by atoms with E-state index in [0.29, 0.717) is 32.7 Å². The Morgan fingerprint density at radius 3 is 2.69 bits per heavy atom. The molecule has 3 aromatic carbocycles. The van der Waals surface area contributed by atoms with Gasteiger partial charge in [-0.15, -0.1) is 0 Å². The highest BCUT2D eigenvalue weighted by atomic mass is 35.5. The van der Waals surface area contributed by atoms with Crippen molar-refractivity contribution in [3.63, 3.8) is 0 Å². The van der Waals surface area contributed by atoms with Crippen LogP contribution in [0.2, 0.25) is 10.0 Å². The van der Waals surface area contributed by atoms with Gasteiger partial charge in [-0.2, -0.15) is 0 Å². The molecule has 0 amide bonds. The maximum Gasteiger partial charge on any atom is 0.232 e. The zero-order valence-electron chi connectivity index (χ0n) is 15.3. The number of fused-ring (bicyclic) bond motifs is 1. The quantitative estimate of drug-likeness (QED) is 0.437. The molecule has 0 aliphatic carbocycles. The van der Waals surface area contributed by atoms with Crippen LogP contribution in [0.15, 0.2) is 60.4 Å². The summed E-state index contributed by atoms with van der Waals surface area (Å²) in [6.45, 7) is 2.06. The summed E-state index contributed by atoms with van der Waals surface area (Å²) in [6, 6.07) is 14.6. The predicted octanol–water partition coefficient (Wildman–Crippen LogP) is 6.64. The summed E-state index contributed by atoms with van der Waals surface area (Å²) in [5, 5.41) is 1.07. The van der Waals surface area contributed by atoms with Gasteiger partial charge in [0.2, 0.25) is 5.78 Å². The molecule has 0 aromatic heterocycles. The van der Waals surface area contributed by atoms with E-state index < -0.39 is 0 Å². The molecule has 0 N–H and O–H groups in total. The predicted molar refractivity (Wildman–Crippen MR) is 111 cm³/mol. The maximum atomic E-state index is 13.4. The van der Waals surface area contributed by atoms with E-state index in [1.807, 2.05) is 6.92 Å². The zero-order chi connectivity index (χ0) is 20.5. The van der Waals surface area contributed by atoms with Crippen LogP contribution in [0, 0.1) is 12.7 Å². The normalized spacial score (nSPS) is 14.1. The van der Waals surface area contributed by atoms with E-state index in [4.69, 9.17) is 32.7 Å². The van der Waals surface area contributed by atoms with Crippen molar-refractivity contribution in [2.75, 3.05) is 0 Å². The Balaban J connectivity index is 1.57. The molecule has 0 saturated heterocycles. The summed E-state index contributed by atoms with van der Waals surface area (Å²) in [4.78, 5) is 12.7. The molecule has 1 aliphatic heterocycles. The molecule has 4 rings (SSSR count). The first-order valence-corrected chi connectivity index (χ1v) is 9.57. The van der Waals surface area contributed by atoms with Gasteiger partial charge < -0.3 is 9.47 Å². The lowest BCUT2D eigenvalue weighted by Gasteiger charge is -2.10. The van der Waals surface area contributed by atoms with Crippen molar-refractivity contribution in [1.29, 1.82) is 0 Å². The fourth-order valence-corrected chi connectivity index (χ4v) is 3.57. The lowest BCUT2D eigenvalue weighted by Crippen LogP contribution is -2.00. The van der Waals surface area contributed by atoms with Gasteiger partial charge in [-0.05, 0) is 54.5 Å². The van der Waals surface area contributed by atoms with Gasteiger partial charge in [-0.3, -0.25) is 4.79 Å². The molecule has 6 heteroatoms. The number of ketones is 1. The minimum Gasteiger partial charge on any atom is -0.489 e. The molecule has 1 aliphatic rings. The number of aryl methyl sites for hydroxylation is 1. The van der Waals surface area contributed by atoms with Gasteiger partial charge in [0.05, 0.1) is 5.56 Å². The van der Waals surface area contributed by atoms with E-state index in [1.54, 1.807) is 42.5 Å². The van der Waals surface area contributed by atoms with Crippen LogP contribution in [0.25, 0.3) is 6.08 Å². The first kappa shape index (κ1) is 19.5. The summed E-state index contributed by atoms with van der Waals surface area (Å²) in [6.07, 6.45) is 1.53. The Labute approximate surface area is 177 Å². The molecule has 0 radical (unpaired) electrons. The smallest absolute Gasteiger partial charge is 0.232 e. The molecule has 0 atom stereocenters. The minimum absolute atomic E-state index is 0.145. The molecule has 0 unspecified atom stereocenters. The van der Waals surface area contributed by atoms with Crippen molar-refractivity contribution in [2.24, 2.45) is 0 Å². The Kier molecular flexibility index (Phi) is 5.31. The number of halogens is 3. The average Bonchev–Trinajstić information content (AvgIpc) is 2.97. The van der Waals surface area contributed by atoms with Gasteiger partial charge in [0.25, 0.3) is 0 Å². The second-order valence-corrected chi connectivity index (χ2v) is 7.48. The number of allylic oxidation sites excluding steroid dienone is 1. The highest BCUT2D eigenvalue weighted by molar-refractivity contribution is 6.35. The zero-order valence-corrected chi connectivity index (χ0v) is 16.9. The van der Waals surface area contributed by atoms with Crippen molar-refractivity contribution in [3.8, 4) is 11.5 Å². The van der Waals surface area contributed by atoms with E-state index in [9.17, 15) is 9.18 Å². The van der Waals surface area contributed by atoms with Crippen molar-refractivity contribution in [1.82, 2.24) is 0 Å². The summed E-state index contributed by atoms with van der Waals surface area (Å²) in [7, 11) is 0. The lowest BCUT2D eigenvalue weighted by molar-refractivity contribution is 0.101. The highest BCUT2D eigenvalue weighted by Gasteiger charge is 2.30. The van der Waals surface area contributed by atoms with Gasteiger partial charge in [-0.1, -0.05) is 41.4 Å². The third-order valence-electron chi connectivity index (χ3n) is 4.50. The van der Waals surface area contributed by atoms with E-state index in [0.717, 1.165) is 11.1 Å². The Bertz CT molecular complexity index is 1150. The number of carbonyl (C=O) groups excluding carboxylic acids is 1.